The number of carbonyl (C=O) groups excluding carboxylic acids is 1. The number of ether oxygens (including phenoxy) is 1. The molecule has 0 heterocycles. The average molecular weight is 270 g/mol. The molecule has 5 nitrogen and oxygen atoms in total. The zero-order valence-corrected chi connectivity index (χ0v) is 11.8. The maximum atomic E-state index is 11.7. The maximum absolute atomic E-state index is 11.7. The van der Waals surface area contributed by atoms with Gasteiger partial charge in [0.15, 0.2) is 0 Å². The predicted molar refractivity (Wildman–Crippen MR) is 72.9 cm³/mol. The Morgan fingerprint density at radius 1 is 1.42 bits per heavy atom. The summed E-state index contributed by atoms with van der Waals surface area (Å²) < 4.78 is 4.83. The monoisotopic (exact) mass is 270 g/mol. The molecule has 0 radical (unpaired) electrons. The second-order valence-corrected chi connectivity index (χ2v) is 6.00. The van der Waals surface area contributed by atoms with E-state index in [1.165, 1.54) is 32.1 Å². The van der Waals surface area contributed by atoms with Crippen LogP contribution in [0.1, 0.15) is 38.5 Å². The third-order valence-electron chi connectivity index (χ3n) is 4.52. The van der Waals surface area contributed by atoms with Gasteiger partial charge in [-0.15, -0.1) is 0 Å². The molecule has 5 heteroatoms. The van der Waals surface area contributed by atoms with Crippen molar-refractivity contribution >= 4 is 6.03 Å². The van der Waals surface area contributed by atoms with Gasteiger partial charge in [0.2, 0.25) is 0 Å². The number of urea groups is 1. The summed E-state index contributed by atoms with van der Waals surface area (Å²) in [6.07, 6.45) is 6.54. The van der Waals surface area contributed by atoms with Gasteiger partial charge in [0.25, 0.3) is 0 Å². The molecular formula is C14H26N2O3. The van der Waals surface area contributed by atoms with E-state index in [1.807, 2.05) is 0 Å². The first kappa shape index (κ1) is 14.6. The fourth-order valence-corrected chi connectivity index (χ4v) is 3.00. The van der Waals surface area contributed by atoms with Crippen molar-refractivity contribution in [1.82, 2.24) is 10.6 Å². The minimum atomic E-state index is -0.505. The second kappa shape index (κ2) is 6.57. The summed E-state index contributed by atoms with van der Waals surface area (Å²) in [7, 11) is 1.55. The van der Waals surface area contributed by atoms with E-state index in [-0.39, 0.29) is 6.03 Å². The molecule has 2 amide bonds. The van der Waals surface area contributed by atoms with Gasteiger partial charge in [0.05, 0.1) is 12.7 Å². The van der Waals surface area contributed by atoms with Crippen molar-refractivity contribution in [2.45, 2.75) is 44.6 Å². The number of aliphatic hydroxyl groups excluding tert-OH is 1. The Bertz CT molecular complexity index is 301. The quantitative estimate of drug-likeness (QED) is 0.622. The lowest BCUT2D eigenvalue weighted by molar-refractivity contribution is 0.0597. The number of carbonyl (C=O) groups is 1. The van der Waals surface area contributed by atoms with Gasteiger partial charge < -0.3 is 20.5 Å². The van der Waals surface area contributed by atoms with Crippen molar-refractivity contribution in [2.75, 3.05) is 26.8 Å². The van der Waals surface area contributed by atoms with E-state index in [0.717, 1.165) is 12.5 Å². The zero-order valence-electron chi connectivity index (χ0n) is 11.8. The maximum Gasteiger partial charge on any atom is 0.314 e. The molecule has 3 N–H and O–H groups in total. The van der Waals surface area contributed by atoms with Crippen molar-refractivity contribution in [1.29, 1.82) is 0 Å². The van der Waals surface area contributed by atoms with Crippen molar-refractivity contribution in [3.05, 3.63) is 0 Å². The number of rotatable bonds is 8. The van der Waals surface area contributed by atoms with Crippen molar-refractivity contribution in [3.63, 3.8) is 0 Å². The smallest absolute Gasteiger partial charge is 0.314 e. The van der Waals surface area contributed by atoms with Crippen molar-refractivity contribution in [2.24, 2.45) is 11.3 Å². The highest BCUT2D eigenvalue weighted by atomic mass is 16.5. The molecule has 0 bridgehead atoms. The molecule has 1 atom stereocenters. The van der Waals surface area contributed by atoms with Crippen LogP contribution in [0.3, 0.4) is 0 Å². The fraction of sp³-hybridized carbons (Fsp3) is 0.929. The van der Waals surface area contributed by atoms with Crippen LogP contribution in [0.15, 0.2) is 0 Å². The molecule has 2 saturated carbocycles. The minimum absolute atomic E-state index is 0.114. The lowest BCUT2D eigenvalue weighted by Crippen LogP contribution is -2.47. The number of methoxy groups -OCH3 is 1. The van der Waals surface area contributed by atoms with Crippen LogP contribution in [0.2, 0.25) is 0 Å². The fourth-order valence-electron chi connectivity index (χ4n) is 3.00. The Morgan fingerprint density at radius 3 is 2.68 bits per heavy atom. The average Bonchev–Trinajstić information content (AvgIpc) is 3.12. The number of amides is 2. The van der Waals surface area contributed by atoms with Crippen LogP contribution >= 0.6 is 0 Å². The Balaban J connectivity index is 1.57. The largest absolute Gasteiger partial charge is 0.391 e. The molecule has 2 fully saturated rings. The molecule has 2 aliphatic rings. The van der Waals surface area contributed by atoms with Gasteiger partial charge in [-0.3, -0.25) is 0 Å². The highest BCUT2D eigenvalue weighted by Crippen LogP contribution is 2.56. The first-order valence-electron chi connectivity index (χ1n) is 7.35. The van der Waals surface area contributed by atoms with Gasteiger partial charge >= 0.3 is 6.03 Å². The summed E-state index contributed by atoms with van der Waals surface area (Å²) in [6.45, 7) is 1.60. The Hall–Kier alpha value is -0.810. The van der Waals surface area contributed by atoms with Crippen LogP contribution < -0.4 is 10.6 Å². The molecule has 19 heavy (non-hydrogen) atoms. The van der Waals surface area contributed by atoms with Crippen LogP contribution in [0.5, 0.6) is 0 Å². The molecule has 0 aromatic rings. The summed E-state index contributed by atoms with van der Waals surface area (Å²) in [5, 5.41) is 15.2. The zero-order chi connectivity index (χ0) is 13.7. The lowest BCUT2D eigenvalue weighted by atomic mass is 9.65. The normalized spacial score (nSPS) is 22.4. The summed E-state index contributed by atoms with van der Waals surface area (Å²) in [5.41, 5.74) is 0.410. The van der Waals surface area contributed by atoms with E-state index in [1.54, 1.807) is 7.11 Å². The highest BCUT2D eigenvalue weighted by molar-refractivity contribution is 5.73. The Kier molecular flexibility index (Phi) is 5.05. The molecule has 0 spiro atoms. The molecule has 1 unspecified atom stereocenters. The van der Waals surface area contributed by atoms with Crippen LogP contribution in [-0.4, -0.2) is 44.0 Å². The second-order valence-electron chi connectivity index (χ2n) is 6.00. The van der Waals surface area contributed by atoms with E-state index in [4.69, 9.17) is 4.74 Å². The predicted octanol–water partition coefficient (Wildman–Crippen LogP) is 1.26. The van der Waals surface area contributed by atoms with E-state index < -0.39 is 6.10 Å². The van der Waals surface area contributed by atoms with E-state index in [9.17, 15) is 9.90 Å². The number of hydrogen-bond donors (Lipinski definition) is 3. The summed E-state index contributed by atoms with van der Waals surface area (Å²) in [5.74, 6) is 0.852. The summed E-state index contributed by atoms with van der Waals surface area (Å²) >= 11 is 0. The Labute approximate surface area is 115 Å². The van der Waals surface area contributed by atoms with Gasteiger partial charge in [-0.2, -0.15) is 0 Å². The highest BCUT2D eigenvalue weighted by Gasteiger charge is 2.48. The van der Waals surface area contributed by atoms with Crippen LogP contribution in [0.25, 0.3) is 0 Å². The molecule has 0 aromatic carbocycles. The minimum Gasteiger partial charge on any atom is -0.391 e. The SMILES string of the molecule is COCC(O)CCNC(=O)NCC1(C2CC2)CCC1. The summed E-state index contributed by atoms with van der Waals surface area (Å²) in [6, 6.07) is -0.114. The third-order valence-corrected chi connectivity index (χ3v) is 4.52. The molecular weight excluding hydrogens is 244 g/mol. The number of aliphatic hydroxyl groups is 1. The molecule has 110 valence electrons. The molecule has 2 rings (SSSR count). The van der Waals surface area contributed by atoms with Gasteiger partial charge in [-0.05, 0) is 43.4 Å². The van der Waals surface area contributed by atoms with Crippen molar-refractivity contribution < 1.29 is 14.6 Å². The Morgan fingerprint density at radius 2 is 2.16 bits per heavy atom. The topological polar surface area (TPSA) is 70.6 Å². The third kappa shape index (κ3) is 4.08. The molecule has 0 aromatic heterocycles. The molecule has 0 aliphatic heterocycles. The summed E-state index contributed by atoms with van der Waals surface area (Å²) in [4.78, 5) is 11.7. The van der Waals surface area contributed by atoms with Crippen LogP contribution in [0.4, 0.5) is 4.79 Å². The molecule has 0 saturated heterocycles. The van der Waals surface area contributed by atoms with E-state index in [0.29, 0.717) is 25.0 Å². The van der Waals surface area contributed by atoms with Crippen LogP contribution in [-0.2, 0) is 4.74 Å². The van der Waals surface area contributed by atoms with Gasteiger partial charge in [0, 0.05) is 20.2 Å². The molecule has 2 aliphatic carbocycles. The van der Waals surface area contributed by atoms with E-state index >= 15 is 0 Å². The standard InChI is InChI=1S/C14H26N2O3/c1-19-9-12(17)5-8-15-13(18)16-10-14(6-2-7-14)11-3-4-11/h11-12,17H,2-10H2,1H3,(H2,15,16,18). The first-order chi connectivity index (χ1) is 9.16. The van der Waals surface area contributed by atoms with Crippen LogP contribution in [0, 0.1) is 11.3 Å². The first-order valence-corrected chi connectivity index (χ1v) is 7.35. The van der Waals surface area contributed by atoms with Gasteiger partial charge in [-0.1, -0.05) is 6.42 Å². The lowest BCUT2D eigenvalue weighted by Gasteiger charge is -2.42. The number of nitrogens with one attached hydrogen (secondary N) is 2. The van der Waals surface area contributed by atoms with E-state index in [2.05, 4.69) is 10.6 Å². The van der Waals surface area contributed by atoms with Gasteiger partial charge in [-0.25, -0.2) is 4.79 Å². The van der Waals surface area contributed by atoms with Crippen molar-refractivity contribution in [3.8, 4) is 0 Å². The van der Waals surface area contributed by atoms with Gasteiger partial charge in [0.1, 0.15) is 0 Å². The number of hydrogen-bond acceptors (Lipinski definition) is 3.